The molecule has 0 spiro atoms. The van der Waals surface area contributed by atoms with Crippen molar-refractivity contribution in [3.8, 4) is 0 Å². The first-order valence-corrected chi connectivity index (χ1v) is 7.43. The lowest BCUT2D eigenvalue weighted by Gasteiger charge is -2.25. The van der Waals surface area contributed by atoms with Crippen LogP contribution in [0.25, 0.3) is 0 Å². The third kappa shape index (κ3) is 3.45. The number of benzene rings is 1. The van der Waals surface area contributed by atoms with E-state index in [1.807, 2.05) is 0 Å². The third-order valence-corrected chi connectivity index (χ3v) is 4.03. The third-order valence-electron chi connectivity index (χ3n) is 4.03. The topological polar surface area (TPSA) is 52.6 Å². The highest BCUT2D eigenvalue weighted by Crippen LogP contribution is 2.36. The number of aryl methyl sites for hydroxylation is 1. The number of hydrogen-bond donors (Lipinski definition) is 2. The van der Waals surface area contributed by atoms with Crippen molar-refractivity contribution in [1.82, 2.24) is 10.2 Å². The van der Waals surface area contributed by atoms with Gasteiger partial charge in [0.2, 0.25) is 0 Å². The van der Waals surface area contributed by atoms with Crippen molar-refractivity contribution in [2.75, 3.05) is 19.7 Å². The molecule has 1 aliphatic rings. The lowest BCUT2D eigenvalue weighted by Crippen LogP contribution is -2.43. The fraction of sp³-hybridized carbons (Fsp3) is 0.471. The van der Waals surface area contributed by atoms with E-state index in [1.54, 1.807) is 11.0 Å². The lowest BCUT2D eigenvalue weighted by molar-refractivity contribution is 0.178. The monoisotopic (exact) mass is 288 g/mol. The molecule has 21 heavy (non-hydrogen) atoms. The Morgan fingerprint density at radius 3 is 3.00 bits per heavy atom. The van der Waals surface area contributed by atoms with Crippen molar-refractivity contribution in [2.24, 2.45) is 5.92 Å². The minimum absolute atomic E-state index is 0.0402. The Morgan fingerprint density at radius 1 is 1.57 bits per heavy atom. The van der Waals surface area contributed by atoms with Crippen LogP contribution in [0.3, 0.4) is 0 Å². The molecule has 0 bridgehead atoms. The van der Waals surface area contributed by atoms with Crippen molar-refractivity contribution in [3.05, 3.63) is 47.5 Å². The van der Waals surface area contributed by atoms with Gasteiger partial charge in [-0.05, 0) is 30.4 Å². The number of carbonyl (C=O) groups is 1. The Morgan fingerprint density at radius 2 is 2.33 bits per heavy atom. The molecule has 0 fully saturated rings. The zero-order valence-corrected chi connectivity index (χ0v) is 12.8. The number of fused-ring (bicyclic) bond motifs is 1. The summed E-state index contributed by atoms with van der Waals surface area (Å²) < 4.78 is 0. The van der Waals surface area contributed by atoms with Gasteiger partial charge in [-0.2, -0.15) is 0 Å². The number of rotatable bonds is 5. The highest BCUT2D eigenvalue weighted by Gasteiger charge is 2.31. The number of urea groups is 1. The van der Waals surface area contributed by atoms with Gasteiger partial charge in [-0.3, -0.25) is 0 Å². The summed E-state index contributed by atoms with van der Waals surface area (Å²) in [6.45, 7) is 8.59. The first-order valence-electron chi connectivity index (χ1n) is 7.43. The van der Waals surface area contributed by atoms with Gasteiger partial charge in [0, 0.05) is 13.1 Å². The maximum absolute atomic E-state index is 12.4. The fourth-order valence-corrected chi connectivity index (χ4v) is 2.96. The second-order valence-electron chi connectivity index (χ2n) is 5.77. The summed E-state index contributed by atoms with van der Waals surface area (Å²) in [7, 11) is 0. The van der Waals surface area contributed by atoms with Gasteiger partial charge in [0.05, 0.1) is 12.6 Å². The Bertz CT molecular complexity index is 528. The summed E-state index contributed by atoms with van der Waals surface area (Å²) in [6.07, 6.45) is 2.66. The molecule has 0 saturated carbocycles. The van der Waals surface area contributed by atoms with E-state index in [0.29, 0.717) is 19.0 Å². The van der Waals surface area contributed by atoms with E-state index in [2.05, 4.69) is 43.9 Å². The van der Waals surface area contributed by atoms with Gasteiger partial charge in [-0.25, -0.2) is 4.79 Å². The van der Waals surface area contributed by atoms with Gasteiger partial charge in [-0.1, -0.05) is 36.8 Å². The number of amides is 2. The number of carbonyl (C=O) groups excluding carboxylic acids is 1. The van der Waals surface area contributed by atoms with Crippen LogP contribution in [0.2, 0.25) is 0 Å². The predicted molar refractivity (Wildman–Crippen MR) is 84.2 cm³/mol. The predicted octanol–water partition coefficient (Wildman–Crippen LogP) is 2.42. The van der Waals surface area contributed by atoms with E-state index >= 15 is 0 Å². The second-order valence-corrected chi connectivity index (χ2v) is 5.77. The summed E-state index contributed by atoms with van der Waals surface area (Å²) in [6, 6.07) is 6.33. The zero-order valence-electron chi connectivity index (χ0n) is 12.8. The maximum atomic E-state index is 12.4. The Labute approximate surface area is 126 Å². The molecule has 4 nitrogen and oxygen atoms in total. The SMILES string of the molecule is C=CCN(CCO)C(=O)NC1c2cc(C)ccc2CC1C. The van der Waals surface area contributed by atoms with Crippen LogP contribution >= 0.6 is 0 Å². The molecule has 0 radical (unpaired) electrons. The molecule has 1 aromatic rings. The van der Waals surface area contributed by atoms with Crippen molar-refractivity contribution in [2.45, 2.75) is 26.3 Å². The average molecular weight is 288 g/mol. The summed E-state index contributed by atoms with van der Waals surface area (Å²) in [5.74, 6) is 0.380. The molecule has 4 heteroatoms. The van der Waals surface area contributed by atoms with E-state index < -0.39 is 0 Å². The molecule has 114 valence electrons. The van der Waals surface area contributed by atoms with Crippen LogP contribution in [0.5, 0.6) is 0 Å². The molecule has 1 aromatic carbocycles. The first-order chi connectivity index (χ1) is 10.1. The number of aliphatic hydroxyl groups excluding tert-OH is 1. The minimum atomic E-state index is -0.143. The van der Waals surface area contributed by atoms with E-state index in [4.69, 9.17) is 5.11 Å². The summed E-state index contributed by atoms with van der Waals surface area (Å²) in [5.41, 5.74) is 3.75. The van der Waals surface area contributed by atoms with E-state index in [0.717, 1.165) is 6.42 Å². The van der Waals surface area contributed by atoms with Crippen molar-refractivity contribution in [1.29, 1.82) is 0 Å². The molecule has 2 unspecified atom stereocenters. The van der Waals surface area contributed by atoms with Gasteiger partial charge in [0.25, 0.3) is 0 Å². The van der Waals surface area contributed by atoms with Crippen LogP contribution in [0, 0.1) is 12.8 Å². The van der Waals surface area contributed by atoms with E-state index in [-0.39, 0.29) is 18.7 Å². The molecule has 2 rings (SSSR count). The molecule has 0 aromatic heterocycles. The van der Waals surface area contributed by atoms with Gasteiger partial charge in [0.1, 0.15) is 0 Å². The van der Waals surface area contributed by atoms with Crippen molar-refractivity contribution in [3.63, 3.8) is 0 Å². The largest absolute Gasteiger partial charge is 0.395 e. The average Bonchev–Trinajstić information content (AvgIpc) is 2.75. The van der Waals surface area contributed by atoms with Crippen molar-refractivity contribution < 1.29 is 9.90 Å². The summed E-state index contributed by atoms with van der Waals surface area (Å²) in [4.78, 5) is 14.0. The Kier molecular flexibility index (Phi) is 5.02. The molecular weight excluding hydrogens is 264 g/mol. The molecule has 0 aliphatic heterocycles. The molecule has 2 N–H and O–H groups in total. The van der Waals surface area contributed by atoms with Gasteiger partial charge >= 0.3 is 6.03 Å². The minimum Gasteiger partial charge on any atom is -0.395 e. The van der Waals surface area contributed by atoms with Gasteiger partial charge in [-0.15, -0.1) is 6.58 Å². The smallest absolute Gasteiger partial charge is 0.318 e. The summed E-state index contributed by atoms with van der Waals surface area (Å²) >= 11 is 0. The highest BCUT2D eigenvalue weighted by atomic mass is 16.3. The Hall–Kier alpha value is -1.81. The molecular formula is C17H24N2O2. The Balaban J connectivity index is 2.14. The van der Waals surface area contributed by atoms with Crippen LogP contribution in [-0.4, -0.2) is 35.7 Å². The normalized spacial score (nSPS) is 20.0. The van der Waals surface area contributed by atoms with Crippen LogP contribution in [0.4, 0.5) is 4.79 Å². The molecule has 0 heterocycles. The number of hydrogen-bond acceptors (Lipinski definition) is 2. The van der Waals surface area contributed by atoms with E-state index in [1.165, 1.54) is 16.7 Å². The molecule has 0 saturated heterocycles. The zero-order chi connectivity index (χ0) is 15.4. The quantitative estimate of drug-likeness (QED) is 0.818. The summed E-state index contributed by atoms with van der Waals surface area (Å²) in [5, 5.41) is 12.2. The molecule has 2 atom stereocenters. The first kappa shape index (κ1) is 15.6. The maximum Gasteiger partial charge on any atom is 0.318 e. The number of nitrogens with one attached hydrogen (secondary N) is 1. The molecule has 2 amide bonds. The van der Waals surface area contributed by atoms with Crippen molar-refractivity contribution >= 4 is 6.03 Å². The highest BCUT2D eigenvalue weighted by molar-refractivity contribution is 5.75. The standard InChI is InChI=1S/C17H24N2O2/c1-4-7-19(8-9-20)17(21)18-16-13(3)11-14-6-5-12(2)10-15(14)16/h4-6,10,13,16,20H,1,7-9,11H2,2-3H3,(H,18,21). The van der Waals surface area contributed by atoms with Gasteiger partial charge < -0.3 is 15.3 Å². The lowest BCUT2D eigenvalue weighted by atomic mass is 10.0. The van der Waals surface area contributed by atoms with Crippen LogP contribution < -0.4 is 5.32 Å². The van der Waals surface area contributed by atoms with Gasteiger partial charge in [0.15, 0.2) is 0 Å². The van der Waals surface area contributed by atoms with Crippen LogP contribution in [0.1, 0.15) is 29.7 Å². The number of nitrogens with zero attached hydrogens (tertiary/aromatic N) is 1. The van der Waals surface area contributed by atoms with Crippen LogP contribution in [0.15, 0.2) is 30.9 Å². The van der Waals surface area contributed by atoms with Crippen LogP contribution in [-0.2, 0) is 6.42 Å². The fourth-order valence-electron chi connectivity index (χ4n) is 2.96. The van der Waals surface area contributed by atoms with E-state index in [9.17, 15) is 4.79 Å². The second kappa shape index (κ2) is 6.76. The number of aliphatic hydroxyl groups is 1. The molecule has 1 aliphatic carbocycles.